The van der Waals surface area contributed by atoms with Crippen molar-refractivity contribution in [1.82, 2.24) is 9.55 Å². The Kier molecular flexibility index (Phi) is 2.95. The van der Waals surface area contributed by atoms with E-state index in [0.717, 1.165) is 5.56 Å². The highest BCUT2D eigenvalue weighted by molar-refractivity contribution is 5.71. The number of aromatic nitrogens is 2. The first-order valence-corrected chi connectivity index (χ1v) is 5.31. The van der Waals surface area contributed by atoms with E-state index >= 15 is 0 Å². The number of halogens is 1. The van der Waals surface area contributed by atoms with Crippen LogP contribution < -0.4 is 5.73 Å². The van der Waals surface area contributed by atoms with Crippen LogP contribution in [0.2, 0.25) is 0 Å². The highest BCUT2D eigenvalue weighted by Crippen LogP contribution is 2.27. The lowest BCUT2D eigenvalue weighted by Gasteiger charge is -2.04. The highest BCUT2D eigenvalue weighted by Gasteiger charge is 2.13. The number of nitrogens with two attached hydrogens (primary N) is 1. The lowest BCUT2D eigenvalue weighted by atomic mass is 10.1. The first-order chi connectivity index (χ1) is 8.13. The van der Waals surface area contributed by atoms with Gasteiger partial charge in [0.15, 0.2) is 0 Å². The lowest BCUT2D eigenvalue weighted by Crippen LogP contribution is -2.00. The average molecular weight is 231 g/mol. The van der Waals surface area contributed by atoms with Crippen molar-refractivity contribution in [2.75, 3.05) is 5.73 Å². The fourth-order valence-corrected chi connectivity index (χ4v) is 1.70. The smallest absolute Gasteiger partial charge is 0.132 e. The Bertz CT molecular complexity index is 558. The van der Waals surface area contributed by atoms with E-state index in [0.29, 0.717) is 23.6 Å². The summed E-state index contributed by atoms with van der Waals surface area (Å²) in [7, 11) is 0. The Hall–Kier alpha value is -2.10. The summed E-state index contributed by atoms with van der Waals surface area (Å²) in [5, 5.41) is 0. The van der Waals surface area contributed by atoms with Gasteiger partial charge in [0, 0.05) is 12.1 Å². The topological polar surface area (TPSA) is 43.8 Å². The van der Waals surface area contributed by atoms with Crippen LogP contribution in [0.25, 0.3) is 11.3 Å². The van der Waals surface area contributed by atoms with Crippen LogP contribution >= 0.6 is 0 Å². The quantitative estimate of drug-likeness (QED) is 0.825. The van der Waals surface area contributed by atoms with Crippen LogP contribution in [0.4, 0.5) is 10.2 Å². The maximum atomic E-state index is 13.7. The molecule has 88 valence electrons. The molecule has 0 unspecified atom stereocenters. The standard InChI is InChI=1S/C13H14FN3/c1-3-6-17-8-16-12(13(17)15)10-7-9(2)4-5-11(10)14/h3-5,7-8H,1,6,15H2,2H3. The summed E-state index contributed by atoms with van der Waals surface area (Å²) in [6.45, 7) is 6.10. The number of anilines is 1. The van der Waals surface area contributed by atoms with Crippen LogP contribution in [0.5, 0.6) is 0 Å². The fourth-order valence-electron chi connectivity index (χ4n) is 1.70. The number of benzene rings is 1. The lowest BCUT2D eigenvalue weighted by molar-refractivity contribution is 0.630. The number of imidazole rings is 1. The van der Waals surface area contributed by atoms with E-state index in [9.17, 15) is 4.39 Å². The number of nitrogens with zero attached hydrogens (tertiary/aromatic N) is 2. The first-order valence-electron chi connectivity index (χ1n) is 5.31. The summed E-state index contributed by atoms with van der Waals surface area (Å²) in [6.07, 6.45) is 3.31. The Morgan fingerprint density at radius 2 is 2.29 bits per heavy atom. The molecular weight excluding hydrogens is 217 g/mol. The van der Waals surface area contributed by atoms with Crippen LogP contribution in [0.1, 0.15) is 5.56 Å². The van der Waals surface area contributed by atoms with Gasteiger partial charge >= 0.3 is 0 Å². The third-order valence-corrected chi connectivity index (χ3v) is 2.58. The van der Waals surface area contributed by atoms with Gasteiger partial charge in [-0.25, -0.2) is 9.37 Å². The maximum Gasteiger partial charge on any atom is 0.132 e. The van der Waals surface area contributed by atoms with Crippen LogP contribution in [-0.4, -0.2) is 9.55 Å². The van der Waals surface area contributed by atoms with Crippen molar-refractivity contribution in [2.45, 2.75) is 13.5 Å². The largest absolute Gasteiger partial charge is 0.383 e. The normalized spacial score (nSPS) is 10.5. The van der Waals surface area contributed by atoms with Crippen LogP contribution in [-0.2, 0) is 6.54 Å². The molecule has 17 heavy (non-hydrogen) atoms. The van der Waals surface area contributed by atoms with Gasteiger partial charge in [-0.2, -0.15) is 0 Å². The van der Waals surface area contributed by atoms with E-state index < -0.39 is 0 Å². The molecule has 2 rings (SSSR count). The zero-order valence-electron chi connectivity index (χ0n) is 9.65. The molecule has 0 aliphatic rings. The van der Waals surface area contributed by atoms with E-state index in [4.69, 9.17) is 5.73 Å². The summed E-state index contributed by atoms with van der Waals surface area (Å²) >= 11 is 0. The second kappa shape index (κ2) is 4.41. The van der Waals surface area contributed by atoms with E-state index in [1.807, 2.05) is 6.92 Å². The number of aryl methyl sites for hydroxylation is 1. The summed E-state index contributed by atoms with van der Waals surface area (Å²) < 4.78 is 15.4. The van der Waals surface area contributed by atoms with E-state index in [1.165, 1.54) is 6.07 Å². The van der Waals surface area contributed by atoms with Gasteiger partial charge in [0.2, 0.25) is 0 Å². The number of allylic oxidation sites excluding steroid dienone is 1. The second-order valence-electron chi connectivity index (χ2n) is 3.90. The predicted molar refractivity (Wildman–Crippen MR) is 67.0 cm³/mol. The van der Waals surface area contributed by atoms with Crippen molar-refractivity contribution in [2.24, 2.45) is 0 Å². The Morgan fingerprint density at radius 3 is 3.00 bits per heavy atom. The molecule has 0 aliphatic carbocycles. The molecule has 0 saturated heterocycles. The zero-order valence-corrected chi connectivity index (χ0v) is 9.65. The second-order valence-corrected chi connectivity index (χ2v) is 3.90. The molecule has 2 N–H and O–H groups in total. The van der Waals surface area contributed by atoms with Crippen molar-refractivity contribution in [3.05, 3.63) is 48.6 Å². The third-order valence-electron chi connectivity index (χ3n) is 2.58. The minimum absolute atomic E-state index is 0.314. The average Bonchev–Trinajstić information content (AvgIpc) is 2.65. The van der Waals surface area contributed by atoms with Gasteiger partial charge < -0.3 is 10.3 Å². The van der Waals surface area contributed by atoms with Gasteiger partial charge in [-0.1, -0.05) is 17.7 Å². The first kappa shape index (κ1) is 11.4. The van der Waals surface area contributed by atoms with E-state index in [2.05, 4.69) is 11.6 Å². The summed E-state index contributed by atoms with van der Waals surface area (Å²) in [6, 6.07) is 4.89. The Labute approximate surface area is 99.4 Å². The van der Waals surface area contributed by atoms with E-state index in [1.54, 1.807) is 29.1 Å². The molecule has 0 aliphatic heterocycles. The molecule has 4 heteroatoms. The van der Waals surface area contributed by atoms with Crippen LogP contribution in [0, 0.1) is 12.7 Å². The fraction of sp³-hybridized carbons (Fsp3) is 0.154. The van der Waals surface area contributed by atoms with Crippen molar-refractivity contribution >= 4 is 5.82 Å². The van der Waals surface area contributed by atoms with Gasteiger partial charge in [0.1, 0.15) is 17.3 Å². The third kappa shape index (κ3) is 2.06. The molecule has 0 spiro atoms. The minimum Gasteiger partial charge on any atom is -0.383 e. The molecule has 2 aromatic rings. The van der Waals surface area contributed by atoms with Gasteiger partial charge in [-0.15, -0.1) is 6.58 Å². The molecule has 0 radical (unpaired) electrons. The molecule has 0 amide bonds. The van der Waals surface area contributed by atoms with Crippen molar-refractivity contribution in [3.63, 3.8) is 0 Å². The maximum absolute atomic E-state index is 13.7. The number of hydrogen-bond acceptors (Lipinski definition) is 2. The summed E-state index contributed by atoms with van der Waals surface area (Å²) in [4.78, 5) is 4.16. The number of nitrogen functional groups attached to an aromatic ring is 1. The van der Waals surface area contributed by atoms with Crippen LogP contribution in [0.3, 0.4) is 0 Å². The monoisotopic (exact) mass is 231 g/mol. The highest BCUT2D eigenvalue weighted by atomic mass is 19.1. The molecule has 1 aromatic carbocycles. The Balaban J connectivity index is 2.53. The summed E-state index contributed by atoms with van der Waals surface area (Å²) in [5.41, 5.74) is 7.81. The summed E-state index contributed by atoms with van der Waals surface area (Å²) in [5.74, 6) is 0.139. The molecule has 0 saturated carbocycles. The van der Waals surface area contributed by atoms with Gasteiger partial charge in [0.05, 0.1) is 6.33 Å². The number of rotatable bonds is 3. The van der Waals surface area contributed by atoms with Gasteiger partial charge in [-0.05, 0) is 19.1 Å². The van der Waals surface area contributed by atoms with Gasteiger partial charge in [0.25, 0.3) is 0 Å². The SMILES string of the molecule is C=CCn1cnc(-c2cc(C)ccc2F)c1N. The minimum atomic E-state index is -0.314. The van der Waals surface area contributed by atoms with Crippen molar-refractivity contribution < 1.29 is 4.39 Å². The molecule has 1 heterocycles. The van der Waals surface area contributed by atoms with Crippen LogP contribution in [0.15, 0.2) is 37.2 Å². The molecule has 0 fully saturated rings. The van der Waals surface area contributed by atoms with Crippen molar-refractivity contribution in [3.8, 4) is 11.3 Å². The predicted octanol–water partition coefficient (Wildman–Crippen LogP) is 2.77. The molecule has 1 aromatic heterocycles. The molecule has 0 bridgehead atoms. The van der Waals surface area contributed by atoms with Gasteiger partial charge in [-0.3, -0.25) is 0 Å². The Morgan fingerprint density at radius 1 is 1.53 bits per heavy atom. The van der Waals surface area contributed by atoms with E-state index in [-0.39, 0.29) is 5.82 Å². The molecular formula is C13H14FN3. The van der Waals surface area contributed by atoms with Crippen molar-refractivity contribution in [1.29, 1.82) is 0 Å². The molecule has 0 atom stereocenters. The molecule has 3 nitrogen and oxygen atoms in total. The zero-order chi connectivity index (χ0) is 12.4. The number of hydrogen-bond donors (Lipinski definition) is 1.